The molecule has 0 aliphatic carbocycles. The van der Waals surface area contributed by atoms with Gasteiger partial charge in [-0.3, -0.25) is 0 Å². The van der Waals surface area contributed by atoms with Crippen molar-refractivity contribution in [1.29, 1.82) is 0 Å². The second-order valence-electron chi connectivity index (χ2n) is 4.74. The molecule has 0 heterocycles. The molecule has 94 valence electrons. The van der Waals surface area contributed by atoms with Gasteiger partial charge in [-0.25, -0.2) is 0 Å². The van der Waals surface area contributed by atoms with E-state index in [1.165, 1.54) is 0 Å². The minimum Gasteiger partial charge on any atom is -0.409 e. The molecule has 4 heteroatoms. The summed E-state index contributed by atoms with van der Waals surface area (Å²) in [5.41, 5.74) is 7.25. The van der Waals surface area contributed by atoms with Gasteiger partial charge >= 0.3 is 0 Å². The quantitative estimate of drug-likeness (QED) is 0.318. The number of anilines is 1. The van der Waals surface area contributed by atoms with Gasteiger partial charge < -0.3 is 16.3 Å². The van der Waals surface area contributed by atoms with E-state index in [-0.39, 0.29) is 5.84 Å². The molecule has 0 radical (unpaired) electrons. The maximum atomic E-state index is 8.62. The van der Waals surface area contributed by atoms with Gasteiger partial charge in [-0.1, -0.05) is 31.1 Å². The van der Waals surface area contributed by atoms with Gasteiger partial charge in [0.05, 0.1) is 0 Å². The molecule has 0 unspecified atom stereocenters. The lowest BCUT2D eigenvalue weighted by Crippen LogP contribution is -2.18. The zero-order valence-corrected chi connectivity index (χ0v) is 10.6. The molecule has 0 bridgehead atoms. The van der Waals surface area contributed by atoms with Gasteiger partial charge in [0.1, 0.15) is 0 Å². The first-order valence-corrected chi connectivity index (χ1v) is 5.87. The van der Waals surface area contributed by atoms with Crippen LogP contribution in [0.5, 0.6) is 0 Å². The summed E-state index contributed by atoms with van der Waals surface area (Å²) in [6.45, 7) is 6.55. The minimum atomic E-state index is 0.130. The van der Waals surface area contributed by atoms with Crippen LogP contribution in [0.15, 0.2) is 29.4 Å². The fraction of sp³-hybridized carbons (Fsp3) is 0.462. The van der Waals surface area contributed by atoms with Crippen LogP contribution in [-0.2, 0) is 0 Å². The summed E-state index contributed by atoms with van der Waals surface area (Å²) in [4.78, 5) is 0. The molecule has 4 nitrogen and oxygen atoms in total. The van der Waals surface area contributed by atoms with Crippen molar-refractivity contribution in [3.05, 3.63) is 29.8 Å². The summed E-state index contributed by atoms with van der Waals surface area (Å²) >= 11 is 0. The zero-order chi connectivity index (χ0) is 12.8. The van der Waals surface area contributed by atoms with Gasteiger partial charge in [0.15, 0.2) is 5.84 Å². The first-order valence-electron chi connectivity index (χ1n) is 5.87. The molecule has 0 saturated heterocycles. The van der Waals surface area contributed by atoms with E-state index in [4.69, 9.17) is 10.9 Å². The van der Waals surface area contributed by atoms with E-state index in [2.05, 4.69) is 31.2 Å². The van der Waals surface area contributed by atoms with Crippen molar-refractivity contribution in [3.8, 4) is 0 Å². The minimum absolute atomic E-state index is 0.130. The molecule has 1 rings (SSSR count). The smallest absolute Gasteiger partial charge is 0.170 e. The molecule has 0 aliphatic heterocycles. The van der Waals surface area contributed by atoms with Gasteiger partial charge in [0, 0.05) is 17.3 Å². The number of nitrogens with one attached hydrogen (secondary N) is 1. The molecular formula is C13H21N3O. The van der Waals surface area contributed by atoms with Crippen LogP contribution in [0.3, 0.4) is 0 Å². The number of hydrogen-bond donors (Lipinski definition) is 3. The van der Waals surface area contributed by atoms with Crippen LogP contribution in [-0.4, -0.2) is 17.1 Å². The Hall–Kier alpha value is -1.71. The van der Waals surface area contributed by atoms with Gasteiger partial charge in [0.2, 0.25) is 0 Å². The predicted molar refractivity (Wildman–Crippen MR) is 71.5 cm³/mol. The van der Waals surface area contributed by atoms with Gasteiger partial charge in [-0.2, -0.15) is 0 Å². The van der Waals surface area contributed by atoms with Crippen molar-refractivity contribution >= 4 is 11.5 Å². The van der Waals surface area contributed by atoms with Crippen molar-refractivity contribution < 1.29 is 5.21 Å². The van der Waals surface area contributed by atoms with Gasteiger partial charge in [-0.15, -0.1) is 0 Å². The molecule has 1 aromatic rings. The van der Waals surface area contributed by atoms with Crippen LogP contribution >= 0.6 is 0 Å². The second-order valence-corrected chi connectivity index (χ2v) is 4.74. The third-order valence-electron chi connectivity index (χ3n) is 2.50. The fourth-order valence-corrected chi connectivity index (χ4v) is 1.88. The van der Waals surface area contributed by atoms with Crippen molar-refractivity contribution in [3.63, 3.8) is 0 Å². The van der Waals surface area contributed by atoms with E-state index >= 15 is 0 Å². The highest BCUT2D eigenvalue weighted by Gasteiger charge is 2.06. The Bertz CT molecular complexity index is 388. The molecule has 0 aromatic heterocycles. The summed E-state index contributed by atoms with van der Waals surface area (Å²) in [5.74, 6) is 0.787. The number of hydrogen-bond acceptors (Lipinski definition) is 3. The van der Waals surface area contributed by atoms with E-state index in [0.29, 0.717) is 17.5 Å². The highest BCUT2D eigenvalue weighted by Crippen LogP contribution is 2.14. The fourth-order valence-electron chi connectivity index (χ4n) is 1.88. The van der Waals surface area contributed by atoms with E-state index in [0.717, 1.165) is 12.1 Å². The molecule has 0 saturated carbocycles. The topological polar surface area (TPSA) is 70.6 Å². The molecule has 1 atom stereocenters. The highest BCUT2D eigenvalue weighted by molar-refractivity contribution is 5.97. The Morgan fingerprint density at radius 2 is 2.12 bits per heavy atom. The predicted octanol–water partition coefficient (Wildman–Crippen LogP) is 2.63. The lowest BCUT2D eigenvalue weighted by Gasteiger charge is -2.17. The summed E-state index contributed by atoms with van der Waals surface area (Å²) < 4.78 is 0. The largest absolute Gasteiger partial charge is 0.409 e. The molecule has 17 heavy (non-hydrogen) atoms. The first-order chi connectivity index (χ1) is 8.02. The van der Waals surface area contributed by atoms with E-state index in [9.17, 15) is 0 Å². The lowest BCUT2D eigenvalue weighted by atomic mass is 10.0. The summed E-state index contributed by atoms with van der Waals surface area (Å²) in [7, 11) is 0. The van der Waals surface area contributed by atoms with Crippen molar-refractivity contribution in [1.82, 2.24) is 0 Å². The van der Waals surface area contributed by atoms with Gasteiger partial charge in [0.25, 0.3) is 0 Å². The van der Waals surface area contributed by atoms with E-state index in [1.807, 2.05) is 24.3 Å². The average molecular weight is 235 g/mol. The Morgan fingerprint density at radius 3 is 2.71 bits per heavy atom. The standard InChI is InChI=1S/C13H21N3O/c1-9(2)7-10(3)15-12-6-4-5-11(8-12)13(14)16-17/h4-6,8-10,15,17H,7H2,1-3H3,(H2,14,16)/t10-/m0/s1. The maximum absolute atomic E-state index is 8.62. The number of nitrogens with two attached hydrogens (primary N) is 1. The number of benzene rings is 1. The average Bonchev–Trinajstić information content (AvgIpc) is 2.27. The third-order valence-corrected chi connectivity index (χ3v) is 2.50. The van der Waals surface area contributed by atoms with Crippen LogP contribution in [0.4, 0.5) is 5.69 Å². The highest BCUT2D eigenvalue weighted by atomic mass is 16.4. The van der Waals surface area contributed by atoms with Crippen molar-refractivity contribution in [2.45, 2.75) is 33.2 Å². The number of nitrogens with zero attached hydrogens (tertiary/aromatic N) is 1. The molecule has 0 amide bonds. The Balaban J connectivity index is 2.72. The second kappa shape index (κ2) is 6.13. The zero-order valence-electron chi connectivity index (χ0n) is 10.6. The summed E-state index contributed by atoms with van der Waals surface area (Å²) in [5, 5.41) is 15.0. The van der Waals surface area contributed by atoms with Crippen LogP contribution in [0, 0.1) is 5.92 Å². The lowest BCUT2D eigenvalue weighted by molar-refractivity contribution is 0.318. The Labute approximate surface area is 103 Å². The molecular weight excluding hydrogens is 214 g/mol. The molecule has 0 fully saturated rings. The molecule has 0 spiro atoms. The monoisotopic (exact) mass is 235 g/mol. The van der Waals surface area contributed by atoms with Gasteiger partial charge in [-0.05, 0) is 31.4 Å². The number of amidine groups is 1. The summed E-state index contributed by atoms with van der Waals surface area (Å²) in [6, 6.07) is 7.96. The van der Waals surface area contributed by atoms with Crippen LogP contribution < -0.4 is 11.1 Å². The molecule has 4 N–H and O–H groups in total. The molecule has 1 aromatic carbocycles. The molecule has 0 aliphatic rings. The number of oxime groups is 1. The summed E-state index contributed by atoms with van der Waals surface area (Å²) in [6.07, 6.45) is 1.10. The maximum Gasteiger partial charge on any atom is 0.170 e. The Kier molecular flexibility index (Phi) is 4.82. The SMILES string of the molecule is CC(C)C[C@H](C)Nc1cccc(C(N)=NO)c1. The van der Waals surface area contributed by atoms with E-state index in [1.54, 1.807) is 0 Å². The van der Waals surface area contributed by atoms with Crippen molar-refractivity contribution in [2.75, 3.05) is 5.32 Å². The van der Waals surface area contributed by atoms with E-state index < -0.39 is 0 Å². The van der Waals surface area contributed by atoms with Crippen LogP contribution in [0.25, 0.3) is 0 Å². The van der Waals surface area contributed by atoms with Crippen molar-refractivity contribution in [2.24, 2.45) is 16.8 Å². The Morgan fingerprint density at radius 1 is 1.41 bits per heavy atom. The third kappa shape index (κ3) is 4.34. The number of rotatable bonds is 5. The van der Waals surface area contributed by atoms with Crippen LogP contribution in [0.1, 0.15) is 32.8 Å². The van der Waals surface area contributed by atoms with Crippen LogP contribution in [0.2, 0.25) is 0 Å². The normalized spacial score (nSPS) is 13.8. The first kappa shape index (κ1) is 13.4.